The summed E-state index contributed by atoms with van der Waals surface area (Å²) in [6, 6.07) is 17.5. The third-order valence-electron chi connectivity index (χ3n) is 6.71. The maximum Gasteiger partial charge on any atom is 0.222 e. The molecule has 1 aliphatic rings. The molecule has 0 unspecified atom stereocenters. The highest BCUT2D eigenvalue weighted by Crippen LogP contribution is 2.35. The number of nitrogens with zero attached hydrogens (tertiary/aromatic N) is 5. The molecule has 0 saturated carbocycles. The standard InChI is InChI=1S/C28H32N6O2/c1-2-3-5-12-24(35)33-17-8-9-21(18-33)34-28-25(27(29)30-19-31-28)26(32-34)20-13-15-23(16-14-20)36-22-10-6-4-7-11-22/h4,6-7,10-11,13-16,19,21H,2-3,5,8-9,12,17-18H2,1H3,(H2,29,30,31)/t21-/m1/s1. The van der Waals surface area contributed by atoms with Crippen molar-refractivity contribution in [3.8, 4) is 22.8 Å². The van der Waals surface area contributed by atoms with Gasteiger partial charge in [0.2, 0.25) is 5.91 Å². The number of piperidine rings is 1. The predicted molar refractivity (Wildman–Crippen MR) is 141 cm³/mol. The van der Waals surface area contributed by atoms with Gasteiger partial charge in [0.15, 0.2) is 5.65 Å². The Labute approximate surface area is 211 Å². The van der Waals surface area contributed by atoms with E-state index in [1.54, 1.807) is 0 Å². The van der Waals surface area contributed by atoms with Gasteiger partial charge in [0, 0.05) is 25.1 Å². The Bertz CT molecular complexity index is 1320. The number of fused-ring (bicyclic) bond motifs is 1. The van der Waals surface area contributed by atoms with Crippen LogP contribution in [0, 0.1) is 0 Å². The van der Waals surface area contributed by atoms with E-state index < -0.39 is 0 Å². The summed E-state index contributed by atoms with van der Waals surface area (Å²) < 4.78 is 7.88. The van der Waals surface area contributed by atoms with Crippen molar-refractivity contribution in [1.82, 2.24) is 24.6 Å². The first-order valence-corrected chi connectivity index (χ1v) is 12.7. The number of ether oxygens (including phenoxy) is 1. The van der Waals surface area contributed by atoms with Crippen molar-refractivity contribution in [1.29, 1.82) is 0 Å². The van der Waals surface area contributed by atoms with Gasteiger partial charge in [0.1, 0.15) is 29.3 Å². The summed E-state index contributed by atoms with van der Waals surface area (Å²) in [6.45, 7) is 3.58. The highest BCUT2D eigenvalue weighted by atomic mass is 16.5. The van der Waals surface area contributed by atoms with Crippen LogP contribution < -0.4 is 10.5 Å². The molecule has 8 nitrogen and oxygen atoms in total. The van der Waals surface area contributed by atoms with Gasteiger partial charge in [0.05, 0.1) is 11.4 Å². The van der Waals surface area contributed by atoms with Crippen molar-refractivity contribution in [2.24, 2.45) is 0 Å². The number of amides is 1. The molecule has 186 valence electrons. The molecule has 5 rings (SSSR count). The van der Waals surface area contributed by atoms with E-state index in [2.05, 4.69) is 16.9 Å². The molecule has 4 aromatic rings. The van der Waals surface area contributed by atoms with Crippen LogP contribution in [-0.4, -0.2) is 43.6 Å². The number of benzene rings is 2. The van der Waals surface area contributed by atoms with Crippen LogP contribution in [0.1, 0.15) is 51.5 Å². The van der Waals surface area contributed by atoms with Crippen molar-refractivity contribution >= 4 is 22.8 Å². The normalized spacial score (nSPS) is 15.8. The SMILES string of the molecule is CCCCCC(=O)N1CCC[C@@H](n2nc(-c3ccc(Oc4ccccc4)cc3)c3c(N)ncnc32)C1. The van der Waals surface area contributed by atoms with Crippen LogP contribution >= 0.6 is 0 Å². The van der Waals surface area contributed by atoms with Crippen LogP contribution in [0.4, 0.5) is 5.82 Å². The molecule has 0 spiro atoms. The zero-order chi connectivity index (χ0) is 24.9. The predicted octanol–water partition coefficient (Wildman–Crippen LogP) is 5.61. The fourth-order valence-electron chi connectivity index (χ4n) is 4.82. The number of aromatic nitrogens is 4. The molecule has 2 aromatic carbocycles. The maximum atomic E-state index is 12.8. The van der Waals surface area contributed by atoms with Gasteiger partial charge in [0.25, 0.3) is 0 Å². The monoisotopic (exact) mass is 484 g/mol. The summed E-state index contributed by atoms with van der Waals surface area (Å²) in [5, 5.41) is 5.72. The van der Waals surface area contributed by atoms with Gasteiger partial charge in [-0.05, 0) is 55.7 Å². The molecule has 0 aliphatic carbocycles. The second kappa shape index (κ2) is 10.8. The van der Waals surface area contributed by atoms with Crippen LogP contribution in [-0.2, 0) is 4.79 Å². The average molecular weight is 485 g/mol. The number of carbonyl (C=O) groups is 1. The van der Waals surface area contributed by atoms with Crippen LogP contribution in [0.25, 0.3) is 22.3 Å². The summed E-state index contributed by atoms with van der Waals surface area (Å²) in [5.41, 5.74) is 8.66. The molecule has 3 heterocycles. The molecule has 8 heteroatoms. The Morgan fingerprint density at radius 3 is 2.61 bits per heavy atom. The number of unbranched alkanes of at least 4 members (excludes halogenated alkanes) is 2. The van der Waals surface area contributed by atoms with Crippen LogP contribution in [0.5, 0.6) is 11.5 Å². The van der Waals surface area contributed by atoms with Crippen molar-refractivity contribution in [3.05, 3.63) is 60.9 Å². The summed E-state index contributed by atoms with van der Waals surface area (Å²) in [5.74, 6) is 2.15. The quantitative estimate of drug-likeness (QED) is 0.326. The lowest BCUT2D eigenvalue weighted by atomic mass is 10.0. The zero-order valence-corrected chi connectivity index (χ0v) is 20.6. The third-order valence-corrected chi connectivity index (χ3v) is 6.71. The van der Waals surface area contributed by atoms with Gasteiger partial charge in [-0.3, -0.25) is 4.79 Å². The molecule has 0 radical (unpaired) electrons. The smallest absolute Gasteiger partial charge is 0.222 e. The number of para-hydroxylation sites is 1. The number of hydrogen-bond acceptors (Lipinski definition) is 6. The first-order valence-electron chi connectivity index (χ1n) is 12.7. The van der Waals surface area contributed by atoms with Crippen molar-refractivity contribution in [2.45, 2.75) is 51.5 Å². The van der Waals surface area contributed by atoms with Gasteiger partial charge in [-0.25, -0.2) is 14.6 Å². The minimum atomic E-state index is 0.0418. The molecule has 1 fully saturated rings. The van der Waals surface area contributed by atoms with Gasteiger partial charge in [-0.15, -0.1) is 0 Å². The summed E-state index contributed by atoms with van der Waals surface area (Å²) in [4.78, 5) is 23.6. The van der Waals surface area contributed by atoms with Crippen molar-refractivity contribution in [2.75, 3.05) is 18.8 Å². The van der Waals surface area contributed by atoms with Crippen molar-refractivity contribution in [3.63, 3.8) is 0 Å². The fourth-order valence-corrected chi connectivity index (χ4v) is 4.82. The molecule has 1 aliphatic heterocycles. The molecule has 36 heavy (non-hydrogen) atoms. The highest BCUT2D eigenvalue weighted by molar-refractivity contribution is 5.98. The lowest BCUT2D eigenvalue weighted by Crippen LogP contribution is -2.40. The molecule has 1 atom stereocenters. The fraction of sp³-hybridized carbons (Fsp3) is 0.357. The third kappa shape index (κ3) is 5.03. The van der Waals surface area contributed by atoms with Gasteiger partial charge in [-0.1, -0.05) is 38.0 Å². The van der Waals surface area contributed by atoms with E-state index in [0.717, 1.165) is 66.8 Å². The van der Waals surface area contributed by atoms with E-state index >= 15 is 0 Å². The lowest BCUT2D eigenvalue weighted by Gasteiger charge is -2.33. The Morgan fingerprint density at radius 2 is 1.83 bits per heavy atom. The minimum Gasteiger partial charge on any atom is -0.457 e. The first kappa shape index (κ1) is 23.8. The molecule has 1 saturated heterocycles. The lowest BCUT2D eigenvalue weighted by molar-refractivity contribution is -0.133. The number of hydrogen-bond donors (Lipinski definition) is 1. The summed E-state index contributed by atoms with van der Waals surface area (Å²) in [6.07, 6.45) is 7.10. The molecule has 2 N–H and O–H groups in total. The Hall–Kier alpha value is -3.94. The Balaban J connectivity index is 1.42. The minimum absolute atomic E-state index is 0.0418. The van der Waals surface area contributed by atoms with E-state index in [1.165, 1.54) is 6.33 Å². The largest absolute Gasteiger partial charge is 0.457 e. The number of likely N-dealkylation sites (tertiary alicyclic amines) is 1. The second-order valence-corrected chi connectivity index (χ2v) is 9.28. The van der Waals surface area contributed by atoms with Gasteiger partial charge >= 0.3 is 0 Å². The number of nitrogens with two attached hydrogens (primary N) is 1. The number of anilines is 1. The van der Waals surface area contributed by atoms with Gasteiger partial charge in [-0.2, -0.15) is 5.10 Å². The van der Waals surface area contributed by atoms with E-state index in [-0.39, 0.29) is 11.9 Å². The summed E-state index contributed by atoms with van der Waals surface area (Å²) in [7, 11) is 0. The molecular weight excluding hydrogens is 452 g/mol. The molecule has 0 bridgehead atoms. The Kier molecular flexibility index (Phi) is 7.11. The van der Waals surface area contributed by atoms with E-state index in [0.29, 0.717) is 24.4 Å². The summed E-state index contributed by atoms with van der Waals surface area (Å²) >= 11 is 0. The maximum absolute atomic E-state index is 12.8. The van der Waals surface area contributed by atoms with E-state index in [1.807, 2.05) is 64.2 Å². The van der Waals surface area contributed by atoms with Crippen LogP contribution in [0.3, 0.4) is 0 Å². The zero-order valence-electron chi connectivity index (χ0n) is 20.6. The number of carbonyl (C=O) groups excluding carboxylic acids is 1. The van der Waals surface area contributed by atoms with Crippen LogP contribution in [0.15, 0.2) is 60.9 Å². The second-order valence-electron chi connectivity index (χ2n) is 9.28. The van der Waals surface area contributed by atoms with E-state index in [4.69, 9.17) is 15.6 Å². The molecule has 1 amide bonds. The Morgan fingerprint density at radius 1 is 1.06 bits per heavy atom. The molecule has 2 aromatic heterocycles. The topological polar surface area (TPSA) is 99.2 Å². The number of nitrogen functional groups attached to an aromatic ring is 1. The average Bonchev–Trinajstić information content (AvgIpc) is 3.31. The number of rotatable bonds is 8. The highest BCUT2D eigenvalue weighted by Gasteiger charge is 2.28. The van der Waals surface area contributed by atoms with Gasteiger partial charge < -0.3 is 15.4 Å². The first-order chi connectivity index (χ1) is 17.6. The van der Waals surface area contributed by atoms with Crippen LogP contribution in [0.2, 0.25) is 0 Å². The molecular formula is C28H32N6O2. The van der Waals surface area contributed by atoms with Crippen molar-refractivity contribution < 1.29 is 9.53 Å². The van der Waals surface area contributed by atoms with E-state index in [9.17, 15) is 4.79 Å².